The van der Waals surface area contributed by atoms with Gasteiger partial charge in [0.05, 0.1) is 6.61 Å². The number of hydrogen-bond acceptors (Lipinski definition) is 5. The molecule has 5 nitrogen and oxygen atoms in total. The molecule has 17 heavy (non-hydrogen) atoms. The van der Waals surface area contributed by atoms with Gasteiger partial charge in [0, 0.05) is 6.61 Å². The Hall–Kier alpha value is -1.85. The predicted octanol–water partition coefficient (Wildman–Crippen LogP) is 1.49. The number of nitrogens with zero attached hydrogens (tertiary/aromatic N) is 1. The summed E-state index contributed by atoms with van der Waals surface area (Å²) in [5.41, 5.74) is 1.46. The summed E-state index contributed by atoms with van der Waals surface area (Å²) in [5, 5.41) is 17.6. The second kappa shape index (κ2) is 5.47. The highest BCUT2D eigenvalue weighted by Gasteiger charge is 2.05. The maximum absolute atomic E-state index is 8.81. The van der Waals surface area contributed by atoms with E-state index < -0.39 is 0 Å². The lowest BCUT2D eigenvalue weighted by Gasteiger charge is -2.02. The predicted molar refractivity (Wildman–Crippen MR) is 59.7 cm³/mol. The molecule has 0 aliphatic heterocycles. The summed E-state index contributed by atoms with van der Waals surface area (Å²) in [6.45, 7) is -0.0535. The topological polar surface area (TPSA) is 75.7 Å². The summed E-state index contributed by atoms with van der Waals surface area (Å²) < 4.78 is 10.3. The van der Waals surface area contributed by atoms with Crippen LogP contribution in [-0.2, 0) is 13.0 Å². The van der Waals surface area contributed by atoms with Gasteiger partial charge in [-0.1, -0.05) is 12.1 Å². The van der Waals surface area contributed by atoms with Crippen LogP contribution in [-0.4, -0.2) is 21.8 Å². The van der Waals surface area contributed by atoms with Crippen LogP contribution in [0.1, 0.15) is 11.3 Å². The number of aromatic nitrogens is 1. The summed E-state index contributed by atoms with van der Waals surface area (Å²) >= 11 is 0. The van der Waals surface area contributed by atoms with Crippen molar-refractivity contribution in [1.82, 2.24) is 4.98 Å². The number of oxazole rings is 1. The highest BCUT2D eigenvalue weighted by atomic mass is 16.6. The van der Waals surface area contributed by atoms with Gasteiger partial charge in [-0.05, 0) is 24.1 Å². The van der Waals surface area contributed by atoms with Crippen molar-refractivity contribution in [2.45, 2.75) is 13.0 Å². The zero-order valence-electron chi connectivity index (χ0n) is 9.17. The van der Waals surface area contributed by atoms with Crippen molar-refractivity contribution < 1.29 is 19.4 Å². The molecule has 0 atom stereocenters. The van der Waals surface area contributed by atoms with Gasteiger partial charge in [0.25, 0.3) is 0 Å². The van der Waals surface area contributed by atoms with Crippen LogP contribution in [0.5, 0.6) is 11.8 Å². The van der Waals surface area contributed by atoms with Crippen LogP contribution < -0.4 is 4.74 Å². The van der Waals surface area contributed by atoms with Crippen molar-refractivity contribution in [2.75, 3.05) is 6.61 Å². The standard InChI is InChI=1S/C12H13NO4/c14-6-5-9-1-3-11(4-2-9)17-12-13-10(7-15)8-16-12/h1-4,8,14-15H,5-7H2. The number of rotatable bonds is 5. The van der Waals surface area contributed by atoms with E-state index in [2.05, 4.69) is 4.98 Å². The fourth-order valence-electron chi connectivity index (χ4n) is 1.36. The zero-order chi connectivity index (χ0) is 12.1. The quantitative estimate of drug-likeness (QED) is 0.821. The van der Waals surface area contributed by atoms with E-state index in [1.54, 1.807) is 12.1 Å². The Morgan fingerprint density at radius 1 is 1.18 bits per heavy atom. The van der Waals surface area contributed by atoms with E-state index >= 15 is 0 Å². The average molecular weight is 235 g/mol. The van der Waals surface area contributed by atoms with E-state index in [4.69, 9.17) is 19.4 Å². The zero-order valence-corrected chi connectivity index (χ0v) is 9.17. The van der Waals surface area contributed by atoms with E-state index in [1.165, 1.54) is 6.26 Å². The highest BCUT2D eigenvalue weighted by molar-refractivity contribution is 5.29. The molecular formula is C12H13NO4. The molecule has 0 unspecified atom stereocenters. The molecule has 0 saturated heterocycles. The first-order valence-corrected chi connectivity index (χ1v) is 5.24. The number of hydrogen-bond donors (Lipinski definition) is 2. The van der Waals surface area contributed by atoms with Crippen LogP contribution in [0, 0.1) is 0 Å². The maximum atomic E-state index is 8.81. The summed E-state index contributed by atoms with van der Waals surface area (Å²) in [6.07, 6.45) is 2.06. The largest absolute Gasteiger partial charge is 0.417 e. The number of aliphatic hydroxyl groups excluding tert-OH is 2. The van der Waals surface area contributed by atoms with Crippen LogP contribution in [0.4, 0.5) is 0 Å². The smallest absolute Gasteiger partial charge is 0.399 e. The molecule has 1 heterocycles. The molecule has 0 aliphatic carbocycles. The normalized spacial score (nSPS) is 10.5. The molecule has 0 spiro atoms. The van der Waals surface area contributed by atoms with E-state index in [9.17, 15) is 0 Å². The Morgan fingerprint density at radius 2 is 1.94 bits per heavy atom. The fourth-order valence-corrected chi connectivity index (χ4v) is 1.36. The van der Waals surface area contributed by atoms with Gasteiger partial charge in [0.1, 0.15) is 17.7 Å². The Bertz CT molecular complexity index is 464. The molecule has 1 aromatic heterocycles. The Labute approximate surface area is 98.3 Å². The van der Waals surface area contributed by atoms with Gasteiger partial charge in [-0.25, -0.2) is 0 Å². The molecule has 2 rings (SSSR count). The van der Waals surface area contributed by atoms with Crippen LogP contribution in [0.25, 0.3) is 0 Å². The van der Waals surface area contributed by atoms with Crippen LogP contribution in [0.15, 0.2) is 34.9 Å². The molecule has 0 fully saturated rings. The monoisotopic (exact) mass is 235 g/mol. The van der Waals surface area contributed by atoms with Gasteiger partial charge in [0.2, 0.25) is 0 Å². The van der Waals surface area contributed by atoms with Gasteiger partial charge in [-0.2, -0.15) is 4.98 Å². The molecule has 2 aromatic rings. The van der Waals surface area contributed by atoms with Crippen LogP contribution in [0.2, 0.25) is 0 Å². The van der Waals surface area contributed by atoms with Crippen molar-refractivity contribution in [3.8, 4) is 11.8 Å². The third-order valence-corrected chi connectivity index (χ3v) is 2.22. The molecule has 2 N–H and O–H groups in total. The fraction of sp³-hybridized carbons (Fsp3) is 0.250. The van der Waals surface area contributed by atoms with Gasteiger partial charge < -0.3 is 19.4 Å². The molecule has 0 radical (unpaired) electrons. The molecule has 0 saturated carbocycles. The minimum absolute atomic E-state index is 0.101. The number of benzene rings is 1. The average Bonchev–Trinajstić information content (AvgIpc) is 2.80. The van der Waals surface area contributed by atoms with E-state index in [0.717, 1.165) is 5.56 Å². The second-order valence-corrected chi connectivity index (χ2v) is 3.48. The summed E-state index contributed by atoms with van der Waals surface area (Å²) in [6, 6.07) is 7.27. The third kappa shape index (κ3) is 3.05. The van der Waals surface area contributed by atoms with Gasteiger partial charge in [-0.15, -0.1) is 0 Å². The summed E-state index contributed by atoms with van der Waals surface area (Å²) in [5.74, 6) is 0.595. The lowest BCUT2D eigenvalue weighted by molar-refractivity contribution is 0.276. The minimum Gasteiger partial charge on any atom is -0.417 e. The van der Waals surface area contributed by atoms with Crippen LogP contribution in [0.3, 0.4) is 0 Å². The lowest BCUT2D eigenvalue weighted by Crippen LogP contribution is -1.91. The van der Waals surface area contributed by atoms with E-state index in [-0.39, 0.29) is 19.3 Å². The van der Waals surface area contributed by atoms with Crippen molar-refractivity contribution >= 4 is 0 Å². The van der Waals surface area contributed by atoms with Crippen molar-refractivity contribution in [1.29, 1.82) is 0 Å². The summed E-state index contributed by atoms with van der Waals surface area (Å²) in [7, 11) is 0. The molecule has 0 amide bonds. The highest BCUT2D eigenvalue weighted by Crippen LogP contribution is 2.21. The van der Waals surface area contributed by atoms with Crippen LogP contribution >= 0.6 is 0 Å². The Balaban J connectivity index is 2.03. The Kier molecular flexibility index (Phi) is 3.74. The molecule has 0 aliphatic rings. The van der Waals surface area contributed by atoms with Gasteiger partial charge >= 0.3 is 6.08 Å². The van der Waals surface area contributed by atoms with E-state index in [0.29, 0.717) is 17.9 Å². The van der Waals surface area contributed by atoms with Gasteiger partial charge in [0.15, 0.2) is 0 Å². The number of ether oxygens (including phenoxy) is 1. The SMILES string of the molecule is OCCc1ccc(Oc2nc(CO)co2)cc1. The first kappa shape index (κ1) is 11.6. The van der Waals surface area contributed by atoms with E-state index in [1.807, 2.05) is 12.1 Å². The molecule has 1 aromatic carbocycles. The molecule has 90 valence electrons. The second-order valence-electron chi connectivity index (χ2n) is 3.48. The molecule has 0 bridgehead atoms. The number of aliphatic hydroxyl groups is 2. The van der Waals surface area contributed by atoms with Crippen molar-refractivity contribution in [2.24, 2.45) is 0 Å². The summed E-state index contributed by atoms with van der Waals surface area (Å²) in [4.78, 5) is 3.90. The molecular weight excluding hydrogens is 222 g/mol. The van der Waals surface area contributed by atoms with Crippen molar-refractivity contribution in [3.05, 3.63) is 41.8 Å². The Morgan fingerprint density at radius 3 is 2.53 bits per heavy atom. The lowest BCUT2D eigenvalue weighted by atomic mass is 10.1. The first-order valence-electron chi connectivity index (χ1n) is 5.24. The molecule has 5 heteroatoms. The first-order chi connectivity index (χ1) is 8.31. The van der Waals surface area contributed by atoms with Crippen molar-refractivity contribution in [3.63, 3.8) is 0 Å². The van der Waals surface area contributed by atoms with Gasteiger partial charge in [-0.3, -0.25) is 0 Å². The third-order valence-electron chi connectivity index (χ3n) is 2.22. The maximum Gasteiger partial charge on any atom is 0.399 e. The minimum atomic E-state index is -0.178.